The van der Waals surface area contributed by atoms with Crippen LogP contribution in [0, 0.1) is 0 Å². The summed E-state index contributed by atoms with van der Waals surface area (Å²) in [6.45, 7) is 0. The Labute approximate surface area is 117 Å². The summed E-state index contributed by atoms with van der Waals surface area (Å²) in [6, 6.07) is 10.8. The minimum Gasteiger partial charge on any atom is -0.452 e. The number of nitrogens with one attached hydrogen (secondary N) is 2. The van der Waals surface area contributed by atoms with Gasteiger partial charge in [-0.05, 0) is 24.3 Å². The lowest BCUT2D eigenvalue weighted by atomic mass is 10.2. The van der Waals surface area contributed by atoms with Crippen molar-refractivity contribution in [2.45, 2.75) is 0 Å². The van der Waals surface area contributed by atoms with Gasteiger partial charge >= 0.3 is 0 Å². The molecule has 0 amide bonds. The van der Waals surface area contributed by atoms with Gasteiger partial charge in [0.1, 0.15) is 0 Å². The van der Waals surface area contributed by atoms with Crippen molar-refractivity contribution in [2.75, 3.05) is 0 Å². The number of aromatic amines is 2. The minimum atomic E-state index is -0.418. The maximum atomic E-state index is 11.8. The predicted octanol–water partition coefficient (Wildman–Crippen LogP) is 2.54. The van der Waals surface area contributed by atoms with Crippen LogP contribution in [-0.2, 0) is 0 Å². The maximum absolute atomic E-state index is 11.8. The third kappa shape index (κ3) is 1.57. The summed E-state index contributed by atoms with van der Waals surface area (Å²) >= 11 is 0. The van der Waals surface area contributed by atoms with Crippen molar-refractivity contribution in [3.05, 3.63) is 57.1 Å². The molecule has 100 valence electrons. The molecular formula is C14H9ClN2O3. The van der Waals surface area contributed by atoms with Gasteiger partial charge in [-0.15, -0.1) is 12.4 Å². The van der Waals surface area contributed by atoms with Crippen molar-refractivity contribution in [3.8, 4) is 0 Å². The van der Waals surface area contributed by atoms with E-state index in [9.17, 15) is 9.59 Å². The van der Waals surface area contributed by atoms with Crippen LogP contribution in [0.25, 0.3) is 33.0 Å². The highest BCUT2D eigenvalue weighted by atomic mass is 35.5. The molecule has 0 atom stereocenters. The summed E-state index contributed by atoms with van der Waals surface area (Å²) in [6.07, 6.45) is 0. The molecule has 0 fully saturated rings. The molecule has 2 aromatic carbocycles. The van der Waals surface area contributed by atoms with Gasteiger partial charge in [0, 0.05) is 0 Å². The molecule has 0 aliphatic rings. The quantitative estimate of drug-likeness (QED) is 0.488. The third-order valence-corrected chi connectivity index (χ3v) is 3.22. The van der Waals surface area contributed by atoms with Crippen molar-refractivity contribution in [2.24, 2.45) is 0 Å². The van der Waals surface area contributed by atoms with Gasteiger partial charge in [-0.3, -0.25) is 14.6 Å². The van der Waals surface area contributed by atoms with Crippen LogP contribution in [0.1, 0.15) is 0 Å². The summed E-state index contributed by atoms with van der Waals surface area (Å²) in [4.78, 5) is 28.9. The third-order valence-electron chi connectivity index (χ3n) is 3.22. The molecule has 6 heteroatoms. The molecule has 4 rings (SSSR count). The molecule has 0 saturated carbocycles. The molecule has 0 bridgehead atoms. The molecule has 2 aromatic heterocycles. The van der Waals surface area contributed by atoms with E-state index in [1.54, 1.807) is 18.2 Å². The molecule has 0 aliphatic heterocycles. The second-order valence-electron chi connectivity index (χ2n) is 4.37. The van der Waals surface area contributed by atoms with E-state index in [-0.39, 0.29) is 18.0 Å². The topological polar surface area (TPSA) is 78.9 Å². The zero-order valence-electron chi connectivity index (χ0n) is 10.1. The van der Waals surface area contributed by atoms with Gasteiger partial charge in [-0.2, -0.15) is 0 Å². The van der Waals surface area contributed by atoms with E-state index < -0.39 is 5.56 Å². The molecule has 0 aliphatic carbocycles. The Bertz CT molecular complexity index is 1060. The van der Waals surface area contributed by atoms with Crippen LogP contribution in [0.4, 0.5) is 0 Å². The zero-order chi connectivity index (χ0) is 13.0. The lowest BCUT2D eigenvalue weighted by molar-refractivity contribution is 0.660. The smallest absolute Gasteiger partial charge is 0.262 e. The molecule has 20 heavy (non-hydrogen) atoms. The van der Waals surface area contributed by atoms with Gasteiger partial charge in [-0.25, -0.2) is 0 Å². The van der Waals surface area contributed by atoms with Crippen LogP contribution in [0.2, 0.25) is 0 Å². The van der Waals surface area contributed by atoms with Gasteiger partial charge < -0.3 is 9.40 Å². The summed E-state index contributed by atoms with van der Waals surface area (Å²) in [5, 5.41) is 0.648. The number of benzene rings is 2. The monoisotopic (exact) mass is 288 g/mol. The Morgan fingerprint density at radius 3 is 2.50 bits per heavy atom. The van der Waals surface area contributed by atoms with Crippen LogP contribution in [-0.4, -0.2) is 9.97 Å². The normalized spacial score (nSPS) is 11.0. The van der Waals surface area contributed by atoms with E-state index in [1.807, 2.05) is 18.2 Å². The zero-order valence-corrected chi connectivity index (χ0v) is 10.9. The van der Waals surface area contributed by atoms with Gasteiger partial charge in [-0.1, -0.05) is 12.1 Å². The number of fused-ring (bicyclic) bond motifs is 4. The highest BCUT2D eigenvalue weighted by Gasteiger charge is 2.12. The molecule has 0 radical (unpaired) electrons. The SMILES string of the molecule is Cl.O=c1[nH]c(=O)c2c1ccc1[nH]c3ccccc3oc12. The minimum absolute atomic E-state index is 0. The Kier molecular flexibility index (Phi) is 2.65. The fourth-order valence-electron chi connectivity index (χ4n) is 2.35. The van der Waals surface area contributed by atoms with Gasteiger partial charge in [0.25, 0.3) is 11.1 Å². The van der Waals surface area contributed by atoms with E-state index in [0.717, 1.165) is 5.52 Å². The summed E-state index contributed by atoms with van der Waals surface area (Å²) in [5.74, 6) is 0. The van der Waals surface area contributed by atoms with E-state index in [4.69, 9.17) is 4.42 Å². The number of aromatic nitrogens is 2. The Morgan fingerprint density at radius 2 is 1.65 bits per heavy atom. The number of halogens is 1. The lowest BCUT2D eigenvalue weighted by Gasteiger charge is -2.02. The molecule has 5 nitrogen and oxygen atoms in total. The number of para-hydroxylation sites is 2. The fraction of sp³-hybridized carbons (Fsp3) is 0. The second kappa shape index (κ2) is 4.25. The van der Waals surface area contributed by atoms with Gasteiger partial charge in [0.2, 0.25) is 0 Å². The number of rotatable bonds is 0. The molecular weight excluding hydrogens is 280 g/mol. The Balaban J connectivity index is 0.00000121. The van der Waals surface area contributed by atoms with Gasteiger partial charge in [0.05, 0.1) is 21.8 Å². The van der Waals surface area contributed by atoms with E-state index >= 15 is 0 Å². The fourth-order valence-corrected chi connectivity index (χ4v) is 2.35. The molecule has 2 N–H and O–H groups in total. The van der Waals surface area contributed by atoms with Crippen molar-refractivity contribution in [1.29, 1.82) is 0 Å². The van der Waals surface area contributed by atoms with Crippen molar-refractivity contribution in [3.63, 3.8) is 0 Å². The first-order chi connectivity index (χ1) is 9.24. The number of hydrogen-bond donors (Lipinski definition) is 2. The number of hydrogen-bond acceptors (Lipinski definition) is 3. The molecule has 0 unspecified atom stereocenters. The van der Waals surface area contributed by atoms with E-state index in [1.165, 1.54) is 0 Å². The van der Waals surface area contributed by atoms with E-state index in [0.29, 0.717) is 27.5 Å². The summed E-state index contributed by atoms with van der Waals surface area (Å²) < 4.78 is 5.76. The lowest BCUT2D eigenvalue weighted by Crippen LogP contribution is -2.05. The molecule has 2 heterocycles. The average Bonchev–Trinajstić information content (AvgIpc) is 2.72. The van der Waals surface area contributed by atoms with Crippen molar-refractivity contribution in [1.82, 2.24) is 9.97 Å². The highest BCUT2D eigenvalue weighted by Crippen LogP contribution is 2.23. The molecule has 0 saturated heterocycles. The largest absolute Gasteiger partial charge is 0.452 e. The first-order valence-corrected chi connectivity index (χ1v) is 5.80. The average molecular weight is 289 g/mol. The summed E-state index contributed by atoms with van der Waals surface area (Å²) in [7, 11) is 0. The highest BCUT2D eigenvalue weighted by molar-refractivity contribution is 6.03. The standard InChI is InChI=1S/C14H8N2O3.ClH/c17-13-7-5-6-9-12(11(7)14(18)16-13)19-10-4-2-1-3-8(10)15-9;/h1-6,15H,(H,16,17,18);1H. The first-order valence-electron chi connectivity index (χ1n) is 5.80. The Hall–Kier alpha value is -2.53. The van der Waals surface area contributed by atoms with Crippen LogP contribution >= 0.6 is 12.4 Å². The Morgan fingerprint density at radius 1 is 0.850 bits per heavy atom. The van der Waals surface area contributed by atoms with Crippen molar-refractivity contribution < 1.29 is 4.42 Å². The summed E-state index contributed by atoms with van der Waals surface area (Å²) in [5.41, 5.74) is 1.75. The first kappa shape index (κ1) is 12.5. The molecule has 0 spiro atoms. The van der Waals surface area contributed by atoms with Crippen LogP contribution in [0.3, 0.4) is 0 Å². The van der Waals surface area contributed by atoms with E-state index in [2.05, 4.69) is 9.97 Å². The maximum Gasteiger partial charge on any atom is 0.262 e. The van der Waals surface area contributed by atoms with Gasteiger partial charge in [0.15, 0.2) is 11.2 Å². The van der Waals surface area contributed by atoms with Crippen LogP contribution < -0.4 is 11.1 Å². The second-order valence-corrected chi connectivity index (χ2v) is 4.37. The van der Waals surface area contributed by atoms with Crippen molar-refractivity contribution >= 4 is 45.4 Å². The predicted molar refractivity (Wildman–Crippen MR) is 79.7 cm³/mol. The molecule has 4 aromatic rings. The number of H-pyrrole nitrogens is 2. The van der Waals surface area contributed by atoms with Crippen LogP contribution in [0.5, 0.6) is 0 Å². The van der Waals surface area contributed by atoms with Crippen LogP contribution in [0.15, 0.2) is 50.4 Å².